The predicted molar refractivity (Wildman–Crippen MR) is 63.7 cm³/mol. The van der Waals surface area contributed by atoms with E-state index in [-0.39, 0.29) is 26.4 Å². The number of esters is 2. The van der Waals surface area contributed by atoms with Crippen molar-refractivity contribution in [3.05, 3.63) is 25.3 Å². The van der Waals surface area contributed by atoms with Crippen molar-refractivity contribution in [3.63, 3.8) is 0 Å². The molecular weight excluding hydrogens is 240 g/mol. The lowest BCUT2D eigenvalue weighted by atomic mass is 9.92. The van der Waals surface area contributed by atoms with E-state index in [1.807, 2.05) is 0 Å². The zero-order chi connectivity index (χ0) is 14.0. The minimum atomic E-state index is -0.994. The average molecular weight is 258 g/mol. The summed E-state index contributed by atoms with van der Waals surface area (Å²) >= 11 is 0. The first-order chi connectivity index (χ1) is 8.53. The number of hydrogen-bond donors (Lipinski definition) is 1. The number of aliphatic hydroxyl groups is 1. The summed E-state index contributed by atoms with van der Waals surface area (Å²) in [5, 5.41) is 9.36. The van der Waals surface area contributed by atoms with Crippen LogP contribution in [-0.4, -0.2) is 50.6 Å². The third kappa shape index (κ3) is 5.60. The van der Waals surface area contributed by atoms with E-state index in [0.717, 1.165) is 12.2 Å². The van der Waals surface area contributed by atoms with Crippen LogP contribution in [0.5, 0.6) is 0 Å². The molecule has 0 aromatic rings. The van der Waals surface area contributed by atoms with E-state index >= 15 is 0 Å². The molecule has 18 heavy (non-hydrogen) atoms. The molecule has 0 rings (SSSR count). The van der Waals surface area contributed by atoms with Gasteiger partial charge in [-0.2, -0.15) is 0 Å². The molecule has 0 saturated heterocycles. The molecule has 0 spiro atoms. The van der Waals surface area contributed by atoms with Crippen LogP contribution >= 0.6 is 0 Å². The Labute approximate surface area is 106 Å². The highest BCUT2D eigenvalue weighted by molar-refractivity contribution is 5.81. The van der Waals surface area contributed by atoms with Crippen molar-refractivity contribution in [1.82, 2.24) is 0 Å². The molecule has 0 fully saturated rings. The van der Waals surface area contributed by atoms with Gasteiger partial charge in [0.1, 0.15) is 13.2 Å². The fourth-order valence-electron chi connectivity index (χ4n) is 1.13. The number of hydrogen-bond acceptors (Lipinski definition) is 6. The zero-order valence-corrected chi connectivity index (χ0v) is 10.4. The Balaban J connectivity index is 4.57. The lowest BCUT2D eigenvalue weighted by molar-refractivity contribution is -0.153. The van der Waals surface area contributed by atoms with Crippen LogP contribution in [0.1, 0.15) is 0 Å². The number of methoxy groups -OCH3 is 1. The Bertz CT molecular complexity index is 286. The highest BCUT2D eigenvalue weighted by Gasteiger charge is 2.33. The van der Waals surface area contributed by atoms with E-state index in [2.05, 4.69) is 13.2 Å². The molecule has 0 aliphatic rings. The molecule has 6 heteroatoms. The molecule has 0 aromatic carbocycles. The molecule has 0 saturated carbocycles. The van der Waals surface area contributed by atoms with Gasteiger partial charge in [0.25, 0.3) is 0 Å². The van der Waals surface area contributed by atoms with E-state index in [1.165, 1.54) is 7.11 Å². The Morgan fingerprint density at radius 2 is 1.56 bits per heavy atom. The Kier molecular flexibility index (Phi) is 7.66. The van der Waals surface area contributed by atoms with Gasteiger partial charge in [0.05, 0.1) is 18.6 Å². The third-order valence-corrected chi connectivity index (χ3v) is 2.16. The van der Waals surface area contributed by atoms with E-state index in [4.69, 9.17) is 14.2 Å². The quantitative estimate of drug-likeness (QED) is 0.465. The fraction of sp³-hybridized carbons (Fsp3) is 0.500. The number of rotatable bonds is 9. The van der Waals surface area contributed by atoms with Crippen molar-refractivity contribution in [2.45, 2.75) is 0 Å². The second-order valence-electron chi connectivity index (χ2n) is 3.71. The molecular formula is C12H18O6. The Morgan fingerprint density at radius 1 is 1.11 bits per heavy atom. The Morgan fingerprint density at radius 3 is 1.83 bits per heavy atom. The number of ether oxygens (including phenoxy) is 3. The lowest BCUT2D eigenvalue weighted by Gasteiger charge is -2.29. The first-order valence-electron chi connectivity index (χ1n) is 5.22. The highest BCUT2D eigenvalue weighted by atomic mass is 16.6. The molecule has 0 aliphatic carbocycles. The van der Waals surface area contributed by atoms with Gasteiger partial charge in [-0.1, -0.05) is 13.2 Å². The molecule has 0 unspecified atom stereocenters. The van der Waals surface area contributed by atoms with Gasteiger partial charge < -0.3 is 19.3 Å². The summed E-state index contributed by atoms with van der Waals surface area (Å²) < 4.78 is 14.6. The molecule has 0 bridgehead atoms. The van der Waals surface area contributed by atoms with E-state index in [9.17, 15) is 14.7 Å². The summed E-state index contributed by atoms with van der Waals surface area (Å²) in [6.07, 6.45) is 2.01. The van der Waals surface area contributed by atoms with Gasteiger partial charge in [0.2, 0.25) is 0 Å². The predicted octanol–water partition coefficient (Wildman–Crippen LogP) is 0.0699. The van der Waals surface area contributed by atoms with Crippen LogP contribution in [-0.2, 0) is 23.8 Å². The molecule has 0 atom stereocenters. The van der Waals surface area contributed by atoms with Crippen LogP contribution < -0.4 is 0 Å². The molecule has 0 heterocycles. The minimum Gasteiger partial charge on any atom is -0.462 e. The normalized spacial score (nSPS) is 10.6. The summed E-state index contributed by atoms with van der Waals surface area (Å²) in [4.78, 5) is 22.0. The molecule has 1 N–H and O–H groups in total. The van der Waals surface area contributed by atoms with Gasteiger partial charge in [0, 0.05) is 19.3 Å². The summed E-state index contributed by atoms with van der Waals surface area (Å²) in [7, 11) is 1.43. The van der Waals surface area contributed by atoms with Crippen molar-refractivity contribution in [2.24, 2.45) is 5.41 Å². The minimum absolute atomic E-state index is 0.0678. The van der Waals surface area contributed by atoms with Gasteiger partial charge in [-0.3, -0.25) is 0 Å². The first kappa shape index (κ1) is 16.3. The van der Waals surface area contributed by atoms with Gasteiger partial charge in [-0.05, 0) is 0 Å². The standard InChI is InChI=1S/C12H18O6/c1-4-10(14)17-8-12(6-13,7-16-3)9-18-11(15)5-2/h4-5,13H,1-2,6-9H2,3H3. The zero-order valence-electron chi connectivity index (χ0n) is 10.4. The summed E-state index contributed by atoms with van der Waals surface area (Å²) in [6.45, 7) is 5.92. The summed E-state index contributed by atoms with van der Waals surface area (Å²) in [5.74, 6) is -1.25. The third-order valence-electron chi connectivity index (χ3n) is 2.16. The largest absolute Gasteiger partial charge is 0.462 e. The average Bonchev–Trinajstić information content (AvgIpc) is 2.41. The molecule has 0 aliphatic heterocycles. The van der Waals surface area contributed by atoms with Crippen molar-refractivity contribution < 1.29 is 28.9 Å². The molecule has 0 amide bonds. The molecule has 102 valence electrons. The number of aliphatic hydroxyl groups excluding tert-OH is 1. The van der Waals surface area contributed by atoms with Crippen LogP contribution in [0.4, 0.5) is 0 Å². The summed E-state index contributed by atoms with van der Waals surface area (Å²) in [6, 6.07) is 0. The molecule has 0 aromatic heterocycles. The maximum atomic E-state index is 11.0. The summed E-state index contributed by atoms with van der Waals surface area (Å²) in [5.41, 5.74) is -0.994. The topological polar surface area (TPSA) is 82.1 Å². The van der Waals surface area contributed by atoms with E-state index < -0.39 is 17.4 Å². The smallest absolute Gasteiger partial charge is 0.330 e. The monoisotopic (exact) mass is 258 g/mol. The fourth-order valence-corrected chi connectivity index (χ4v) is 1.13. The van der Waals surface area contributed by atoms with E-state index in [0.29, 0.717) is 0 Å². The van der Waals surface area contributed by atoms with Crippen molar-refractivity contribution in [1.29, 1.82) is 0 Å². The Hall–Kier alpha value is -1.66. The highest BCUT2D eigenvalue weighted by Crippen LogP contribution is 2.19. The van der Waals surface area contributed by atoms with Crippen LogP contribution in [0.25, 0.3) is 0 Å². The SMILES string of the molecule is C=CC(=O)OCC(CO)(COC)COC(=O)C=C. The van der Waals surface area contributed by atoms with E-state index in [1.54, 1.807) is 0 Å². The van der Waals surface area contributed by atoms with Crippen LogP contribution in [0.2, 0.25) is 0 Å². The second kappa shape index (κ2) is 8.43. The van der Waals surface area contributed by atoms with Gasteiger partial charge in [-0.25, -0.2) is 9.59 Å². The van der Waals surface area contributed by atoms with Crippen molar-refractivity contribution in [3.8, 4) is 0 Å². The van der Waals surface area contributed by atoms with Crippen molar-refractivity contribution in [2.75, 3.05) is 33.5 Å². The lowest BCUT2D eigenvalue weighted by Crippen LogP contribution is -2.41. The maximum Gasteiger partial charge on any atom is 0.330 e. The second-order valence-corrected chi connectivity index (χ2v) is 3.71. The van der Waals surface area contributed by atoms with Gasteiger partial charge >= 0.3 is 11.9 Å². The van der Waals surface area contributed by atoms with Gasteiger partial charge in [-0.15, -0.1) is 0 Å². The molecule has 0 radical (unpaired) electrons. The number of carbonyl (C=O) groups excluding carboxylic acids is 2. The number of carbonyl (C=O) groups is 2. The van der Waals surface area contributed by atoms with Crippen LogP contribution in [0.3, 0.4) is 0 Å². The molecule has 6 nitrogen and oxygen atoms in total. The first-order valence-corrected chi connectivity index (χ1v) is 5.22. The van der Waals surface area contributed by atoms with Crippen LogP contribution in [0, 0.1) is 5.41 Å². The van der Waals surface area contributed by atoms with Crippen molar-refractivity contribution >= 4 is 11.9 Å². The maximum absolute atomic E-state index is 11.0. The van der Waals surface area contributed by atoms with Crippen LogP contribution in [0.15, 0.2) is 25.3 Å². The van der Waals surface area contributed by atoms with Gasteiger partial charge in [0.15, 0.2) is 0 Å².